The van der Waals surface area contributed by atoms with E-state index in [9.17, 15) is 5.11 Å². The van der Waals surface area contributed by atoms with Gasteiger partial charge < -0.3 is 15.2 Å². The molecule has 1 saturated heterocycles. The lowest BCUT2D eigenvalue weighted by Gasteiger charge is -2.36. The lowest BCUT2D eigenvalue weighted by Crippen LogP contribution is -2.45. The molecule has 1 fully saturated rings. The van der Waals surface area contributed by atoms with Gasteiger partial charge >= 0.3 is 0 Å². The molecule has 0 unspecified atom stereocenters. The van der Waals surface area contributed by atoms with Gasteiger partial charge in [0.2, 0.25) is 0 Å². The number of hydrogen-bond donors (Lipinski definition) is 2. The van der Waals surface area contributed by atoms with Crippen molar-refractivity contribution in [3.05, 3.63) is 23.8 Å². The highest BCUT2D eigenvalue weighted by atomic mass is 35.5. The zero-order valence-corrected chi connectivity index (χ0v) is 15.0. The maximum Gasteiger partial charge on any atom is 0.127 e. The third-order valence-corrected chi connectivity index (χ3v) is 4.00. The minimum atomic E-state index is 0. The standard InChI is InChI=1S/C16H26N2O2.2ClH/c1-3-4-5-15(18-10-8-17-9-11-18)14-7-6-13(19)12-16(14)20-2;;/h6-7,12,15,17,19H,3-5,8-11H2,1-2H3;2*1H/t15-;;/m1../s1. The first-order chi connectivity index (χ1) is 9.76. The summed E-state index contributed by atoms with van der Waals surface area (Å²) in [6.07, 6.45) is 3.54. The highest BCUT2D eigenvalue weighted by Crippen LogP contribution is 2.35. The van der Waals surface area contributed by atoms with Crippen LogP contribution in [0, 0.1) is 0 Å². The molecule has 0 aromatic heterocycles. The number of aromatic hydroxyl groups is 1. The number of benzene rings is 1. The highest BCUT2D eigenvalue weighted by Gasteiger charge is 2.24. The van der Waals surface area contributed by atoms with Gasteiger partial charge in [-0.2, -0.15) is 0 Å². The summed E-state index contributed by atoms with van der Waals surface area (Å²) in [7, 11) is 1.67. The first-order valence-corrected chi connectivity index (χ1v) is 7.58. The van der Waals surface area contributed by atoms with Gasteiger partial charge in [-0.25, -0.2) is 0 Å². The molecular weight excluding hydrogens is 323 g/mol. The van der Waals surface area contributed by atoms with Crippen LogP contribution in [0.1, 0.15) is 37.8 Å². The van der Waals surface area contributed by atoms with Crippen molar-refractivity contribution < 1.29 is 9.84 Å². The number of methoxy groups -OCH3 is 1. The Morgan fingerprint density at radius 3 is 2.55 bits per heavy atom. The van der Waals surface area contributed by atoms with Crippen LogP contribution < -0.4 is 10.1 Å². The number of unbranched alkanes of at least 4 members (excludes halogenated alkanes) is 1. The Morgan fingerprint density at radius 2 is 1.95 bits per heavy atom. The topological polar surface area (TPSA) is 44.7 Å². The molecule has 2 N–H and O–H groups in total. The molecule has 6 heteroatoms. The first-order valence-electron chi connectivity index (χ1n) is 7.58. The highest BCUT2D eigenvalue weighted by molar-refractivity contribution is 5.85. The fourth-order valence-electron chi connectivity index (χ4n) is 2.90. The van der Waals surface area contributed by atoms with Crippen molar-refractivity contribution >= 4 is 24.8 Å². The van der Waals surface area contributed by atoms with E-state index in [0.717, 1.165) is 38.3 Å². The smallest absolute Gasteiger partial charge is 0.127 e. The van der Waals surface area contributed by atoms with E-state index >= 15 is 0 Å². The third kappa shape index (κ3) is 5.51. The summed E-state index contributed by atoms with van der Waals surface area (Å²) < 4.78 is 5.48. The van der Waals surface area contributed by atoms with Crippen molar-refractivity contribution in [3.8, 4) is 11.5 Å². The molecule has 0 saturated carbocycles. The van der Waals surface area contributed by atoms with Crippen LogP contribution in [-0.2, 0) is 0 Å². The number of rotatable bonds is 6. The molecular formula is C16H28Cl2N2O2. The molecule has 1 aliphatic rings. The van der Waals surface area contributed by atoms with Gasteiger partial charge in [0.15, 0.2) is 0 Å². The molecule has 1 aromatic rings. The van der Waals surface area contributed by atoms with E-state index < -0.39 is 0 Å². The molecule has 1 atom stereocenters. The second kappa shape index (κ2) is 10.9. The molecule has 2 rings (SSSR count). The van der Waals surface area contributed by atoms with Gasteiger partial charge in [0, 0.05) is 43.9 Å². The minimum Gasteiger partial charge on any atom is -0.508 e. The largest absolute Gasteiger partial charge is 0.508 e. The third-order valence-electron chi connectivity index (χ3n) is 4.00. The number of halogens is 2. The Morgan fingerprint density at radius 1 is 1.27 bits per heavy atom. The number of nitrogens with zero attached hydrogens (tertiary/aromatic N) is 1. The Bertz CT molecular complexity index is 427. The van der Waals surface area contributed by atoms with Crippen molar-refractivity contribution in [2.75, 3.05) is 33.3 Å². The zero-order valence-electron chi connectivity index (χ0n) is 13.4. The summed E-state index contributed by atoms with van der Waals surface area (Å²) >= 11 is 0. The molecule has 128 valence electrons. The first kappa shape index (κ1) is 21.3. The second-order valence-electron chi connectivity index (χ2n) is 5.37. The van der Waals surface area contributed by atoms with Crippen LogP contribution in [0.5, 0.6) is 11.5 Å². The average Bonchev–Trinajstić information content (AvgIpc) is 2.49. The number of phenolic OH excluding ortho intramolecular Hbond substituents is 1. The fourth-order valence-corrected chi connectivity index (χ4v) is 2.90. The van der Waals surface area contributed by atoms with Crippen molar-refractivity contribution in [2.45, 2.75) is 32.2 Å². The summed E-state index contributed by atoms with van der Waals surface area (Å²) in [6.45, 7) is 6.45. The van der Waals surface area contributed by atoms with Crippen LogP contribution in [0.25, 0.3) is 0 Å². The molecule has 1 aliphatic heterocycles. The van der Waals surface area contributed by atoms with Crippen LogP contribution in [0.2, 0.25) is 0 Å². The SMILES string of the molecule is CCCC[C@H](c1ccc(O)cc1OC)N1CCNCC1.Cl.Cl. The van der Waals surface area contributed by atoms with E-state index in [1.54, 1.807) is 19.2 Å². The van der Waals surface area contributed by atoms with Gasteiger partial charge in [0.05, 0.1) is 7.11 Å². The maximum absolute atomic E-state index is 9.63. The molecule has 22 heavy (non-hydrogen) atoms. The van der Waals surface area contributed by atoms with Crippen LogP contribution in [-0.4, -0.2) is 43.3 Å². The van der Waals surface area contributed by atoms with Gasteiger partial charge in [-0.3, -0.25) is 4.90 Å². The summed E-state index contributed by atoms with van der Waals surface area (Å²) in [5.74, 6) is 1.06. The Kier molecular flexibility index (Phi) is 10.6. The van der Waals surface area contributed by atoms with E-state index in [4.69, 9.17) is 4.74 Å². The van der Waals surface area contributed by atoms with Crippen molar-refractivity contribution in [1.82, 2.24) is 10.2 Å². The van der Waals surface area contributed by atoms with Crippen molar-refractivity contribution in [2.24, 2.45) is 0 Å². The minimum absolute atomic E-state index is 0. The summed E-state index contributed by atoms with van der Waals surface area (Å²) in [5.41, 5.74) is 1.20. The summed E-state index contributed by atoms with van der Waals surface area (Å²) in [4.78, 5) is 2.53. The molecule has 0 spiro atoms. The van der Waals surface area contributed by atoms with Gasteiger partial charge in [0.25, 0.3) is 0 Å². The number of phenols is 1. The van der Waals surface area contributed by atoms with Crippen LogP contribution in [0.3, 0.4) is 0 Å². The van der Waals surface area contributed by atoms with Crippen LogP contribution in [0.15, 0.2) is 18.2 Å². The van der Waals surface area contributed by atoms with Gasteiger partial charge in [-0.15, -0.1) is 24.8 Å². The van der Waals surface area contributed by atoms with E-state index in [0.29, 0.717) is 6.04 Å². The molecule has 0 aliphatic carbocycles. The Balaban J connectivity index is 0.00000220. The quantitative estimate of drug-likeness (QED) is 0.825. The summed E-state index contributed by atoms with van der Waals surface area (Å²) in [6, 6.07) is 5.87. The molecule has 1 aromatic carbocycles. The van der Waals surface area contributed by atoms with Gasteiger partial charge in [-0.05, 0) is 12.5 Å². The number of hydrogen-bond acceptors (Lipinski definition) is 4. The predicted molar refractivity (Wildman–Crippen MR) is 95.9 cm³/mol. The Hall–Kier alpha value is -0.680. The summed E-state index contributed by atoms with van der Waals surface area (Å²) in [5, 5.41) is 13.0. The van der Waals surface area contributed by atoms with Gasteiger partial charge in [-0.1, -0.05) is 25.8 Å². The Labute approximate surface area is 146 Å². The monoisotopic (exact) mass is 350 g/mol. The van der Waals surface area contributed by atoms with Crippen LogP contribution in [0.4, 0.5) is 0 Å². The molecule has 4 nitrogen and oxygen atoms in total. The zero-order chi connectivity index (χ0) is 14.4. The maximum atomic E-state index is 9.63. The van der Waals surface area contributed by atoms with E-state index in [1.165, 1.54) is 18.4 Å². The lowest BCUT2D eigenvalue weighted by atomic mass is 9.97. The van der Waals surface area contributed by atoms with E-state index in [1.807, 2.05) is 6.07 Å². The lowest BCUT2D eigenvalue weighted by molar-refractivity contribution is 0.160. The number of nitrogens with one attached hydrogen (secondary N) is 1. The fraction of sp³-hybridized carbons (Fsp3) is 0.625. The molecule has 0 amide bonds. The number of ether oxygens (including phenoxy) is 1. The average molecular weight is 351 g/mol. The van der Waals surface area contributed by atoms with E-state index in [2.05, 4.69) is 17.1 Å². The van der Waals surface area contributed by atoms with E-state index in [-0.39, 0.29) is 30.6 Å². The predicted octanol–water partition coefficient (Wildman–Crippen LogP) is 3.38. The van der Waals surface area contributed by atoms with Crippen molar-refractivity contribution in [1.29, 1.82) is 0 Å². The van der Waals surface area contributed by atoms with Gasteiger partial charge in [0.1, 0.15) is 11.5 Å². The molecule has 1 heterocycles. The number of piperazine rings is 1. The normalized spacial score (nSPS) is 16.3. The van der Waals surface area contributed by atoms with Crippen molar-refractivity contribution in [3.63, 3.8) is 0 Å². The second-order valence-corrected chi connectivity index (χ2v) is 5.37. The molecule has 0 bridgehead atoms. The molecule has 0 radical (unpaired) electrons. The van der Waals surface area contributed by atoms with Crippen LogP contribution >= 0.6 is 24.8 Å².